The molecule has 0 bridgehead atoms. The van der Waals surface area contributed by atoms with Crippen LogP contribution in [0.5, 0.6) is 0 Å². The quantitative estimate of drug-likeness (QED) is 0.507. The van der Waals surface area contributed by atoms with Crippen LogP contribution in [0.25, 0.3) is 0 Å². The van der Waals surface area contributed by atoms with E-state index in [1.54, 1.807) is 6.07 Å². The molecule has 0 aromatic heterocycles. The highest BCUT2D eigenvalue weighted by atomic mass is 32.2. The lowest BCUT2D eigenvalue weighted by Gasteiger charge is -1.96. The van der Waals surface area contributed by atoms with Gasteiger partial charge in [0.2, 0.25) is 10.0 Å². The number of hydrogen-bond acceptors (Lipinski definition) is 2. The van der Waals surface area contributed by atoms with Gasteiger partial charge in [-0.3, -0.25) is 0 Å². The van der Waals surface area contributed by atoms with Crippen LogP contribution in [0.2, 0.25) is 0 Å². The summed E-state index contributed by atoms with van der Waals surface area (Å²) in [7, 11) is -1.22. The monoisotopic (exact) mass is 181 g/mol. The Balaban J connectivity index is 2.71. The summed E-state index contributed by atoms with van der Waals surface area (Å²) < 4.78 is 25.0. The standard InChI is InChI=1S/C7H8BNO2S/c8-6-1-2-7-5(3-6)4-9-12(7,10)11/h1-3,9H,4,8H2. The molecule has 0 saturated carbocycles. The molecule has 0 atom stereocenters. The van der Waals surface area contributed by atoms with Crippen molar-refractivity contribution in [3.63, 3.8) is 0 Å². The molecule has 0 saturated heterocycles. The maximum atomic E-state index is 11.3. The van der Waals surface area contributed by atoms with Crippen molar-refractivity contribution >= 4 is 23.3 Å². The molecule has 1 aromatic carbocycles. The van der Waals surface area contributed by atoms with E-state index in [1.807, 2.05) is 20.0 Å². The minimum Gasteiger partial charge on any atom is -0.207 e. The van der Waals surface area contributed by atoms with Crippen molar-refractivity contribution < 1.29 is 8.42 Å². The summed E-state index contributed by atoms with van der Waals surface area (Å²) in [4.78, 5) is 0.424. The van der Waals surface area contributed by atoms with Crippen LogP contribution in [0.3, 0.4) is 0 Å². The highest BCUT2D eigenvalue weighted by Gasteiger charge is 2.24. The van der Waals surface area contributed by atoms with Crippen LogP contribution in [0.15, 0.2) is 23.1 Å². The van der Waals surface area contributed by atoms with E-state index in [2.05, 4.69) is 4.72 Å². The smallest absolute Gasteiger partial charge is 0.207 e. The van der Waals surface area contributed by atoms with Gasteiger partial charge in [-0.05, 0) is 11.6 Å². The Kier molecular flexibility index (Phi) is 1.53. The third-order valence-electron chi connectivity index (χ3n) is 1.96. The molecule has 0 aliphatic carbocycles. The number of rotatable bonds is 0. The lowest BCUT2D eigenvalue weighted by Crippen LogP contribution is -2.13. The first-order valence-electron chi connectivity index (χ1n) is 3.69. The van der Waals surface area contributed by atoms with Crippen molar-refractivity contribution in [2.24, 2.45) is 0 Å². The summed E-state index contributed by atoms with van der Waals surface area (Å²) in [5, 5.41) is 0. The van der Waals surface area contributed by atoms with Crippen molar-refractivity contribution in [2.75, 3.05) is 0 Å². The third kappa shape index (κ3) is 1.05. The van der Waals surface area contributed by atoms with Crippen molar-refractivity contribution in [3.8, 4) is 0 Å². The average Bonchev–Trinajstić information content (AvgIpc) is 2.27. The second kappa shape index (κ2) is 2.34. The van der Waals surface area contributed by atoms with Gasteiger partial charge >= 0.3 is 0 Å². The molecule has 0 unspecified atom stereocenters. The van der Waals surface area contributed by atoms with Crippen LogP contribution in [0, 0.1) is 0 Å². The Morgan fingerprint density at radius 3 is 2.92 bits per heavy atom. The highest BCUT2D eigenvalue weighted by Crippen LogP contribution is 2.19. The van der Waals surface area contributed by atoms with Crippen LogP contribution < -0.4 is 10.2 Å². The second-order valence-corrected chi connectivity index (χ2v) is 4.67. The first kappa shape index (κ1) is 7.82. The van der Waals surface area contributed by atoms with Gasteiger partial charge in [-0.1, -0.05) is 17.6 Å². The fourth-order valence-electron chi connectivity index (χ4n) is 1.36. The number of nitrogens with one attached hydrogen (secondary N) is 1. The largest absolute Gasteiger partial charge is 0.241 e. The van der Waals surface area contributed by atoms with Gasteiger partial charge in [-0.25, -0.2) is 13.1 Å². The van der Waals surface area contributed by atoms with Gasteiger partial charge in [0, 0.05) is 6.54 Å². The van der Waals surface area contributed by atoms with Gasteiger partial charge in [0.25, 0.3) is 0 Å². The maximum Gasteiger partial charge on any atom is 0.241 e. The van der Waals surface area contributed by atoms with Crippen LogP contribution in [-0.2, 0) is 16.6 Å². The summed E-state index contributed by atoms with van der Waals surface area (Å²) in [6.45, 7) is 0.430. The van der Waals surface area contributed by atoms with E-state index in [1.165, 1.54) is 0 Å². The molecule has 2 rings (SSSR count). The van der Waals surface area contributed by atoms with E-state index < -0.39 is 10.0 Å². The van der Waals surface area contributed by atoms with Gasteiger partial charge in [0.1, 0.15) is 7.85 Å². The van der Waals surface area contributed by atoms with E-state index in [4.69, 9.17) is 0 Å². The number of benzene rings is 1. The molecule has 5 heteroatoms. The van der Waals surface area contributed by atoms with Crippen LogP contribution >= 0.6 is 0 Å². The van der Waals surface area contributed by atoms with Gasteiger partial charge in [-0.2, -0.15) is 0 Å². The number of fused-ring (bicyclic) bond motifs is 1. The molecule has 0 radical (unpaired) electrons. The van der Waals surface area contributed by atoms with E-state index in [-0.39, 0.29) is 0 Å². The number of hydrogen-bond donors (Lipinski definition) is 1. The Bertz CT molecular complexity index is 427. The van der Waals surface area contributed by atoms with Gasteiger partial charge in [0.15, 0.2) is 0 Å². The van der Waals surface area contributed by atoms with Crippen LogP contribution in [-0.4, -0.2) is 16.3 Å². The normalized spacial score (nSPS) is 19.0. The van der Waals surface area contributed by atoms with Gasteiger partial charge in [0.05, 0.1) is 4.90 Å². The van der Waals surface area contributed by atoms with Gasteiger partial charge in [-0.15, -0.1) is 0 Å². The van der Waals surface area contributed by atoms with Crippen molar-refractivity contribution in [2.45, 2.75) is 11.4 Å². The molecule has 12 heavy (non-hydrogen) atoms. The van der Waals surface area contributed by atoms with Gasteiger partial charge < -0.3 is 0 Å². The van der Waals surface area contributed by atoms with E-state index >= 15 is 0 Å². The zero-order valence-electron chi connectivity index (χ0n) is 6.66. The predicted octanol–water partition coefficient (Wildman–Crippen LogP) is -1.26. The maximum absolute atomic E-state index is 11.3. The first-order valence-corrected chi connectivity index (χ1v) is 5.17. The molecular formula is C7H8BNO2S. The Hall–Kier alpha value is -0.805. The topological polar surface area (TPSA) is 46.2 Å². The summed E-state index contributed by atoms with van der Waals surface area (Å²) in [6.07, 6.45) is 0. The molecule has 1 N–H and O–H groups in total. The van der Waals surface area contributed by atoms with Crippen LogP contribution in [0.1, 0.15) is 5.56 Å². The van der Waals surface area contributed by atoms with E-state index in [9.17, 15) is 8.42 Å². The van der Waals surface area contributed by atoms with Crippen molar-refractivity contribution in [3.05, 3.63) is 23.8 Å². The lowest BCUT2D eigenvalue weighted by atomic mass is 9.94. The Morgan fingerprint density at radius 1 is 1.42 bits per heavy atom. The molecule has 1 heterocycles. The van der Waals surface area contributed by atoms with Crippen molar-refractivity contribution in [1.82, 2.24) is 4.72 Å². The van der Waals surface area contributed by atoms with Crippen LogP contribution in [0.4, 0.5) is 0 Å². The van der Waals surface area contributed by atoms with E-state index in [0.717, 1.165) is 11.0 Å². The molecule has 1 aliphatic heterocycles. The predicted molar refractivity (Wildman–Crippen MR) is 48.6 cm³/mol. The number of sulfonamides is 1. The molecule has 0 fully saturated rings. The third-order valence-corrected chi connectivity index (χ3v) is 3.46. The minimum absolute atomic E-state index is 0.424. The molecule has 0 amide bonds. The second-order valence-electron chi connectivity index (χ2n) is 2.94. The minimum atomic E-state index is -3.17. The molecule has 1 aliphatic rings. The summed E-state index contributed by atoms with van der Waals surface area (Å²) in [6, 6.07) is 5.36. The zero-order valence-corrected chi connectivity index (χ0v) is 7.48. The fourth-order valence-corrected chi connectivity index (χ4v) is 2.58. The van der Waals surface area contributed by atoms with E-state index in [0.29, 0.717) is 11.4 Å². The molecule has 0 spiro atoms. The Labute approximate surface area is 72.3 Å². The lowest BCUT2D eigenvalue weighted by molar-refractivity contribution is 0.589. The average molecular weight is 181 g/mol. The summed E-state index contributed by atoms with van der Waals surface area (Å²) in [5.41, 5.74) is 1.96. The molecular weight excluding hydrogens is 173 g/mol. The summed E-state index contributed by atoms with van der Waals surface area (Å²) in [5.74, 6) is 0. The first-order chi connectivity index (χ1) is 5.59. The molecule has 1 aromatic rings. The molecule has 3 nitrogen and oxygen atoms in total. The summed E-state index contributed by atoms with van der Waals surface area (Å²) >= 11 is 0. The Morgan fingerprint density at radius 2 is 2.17 bits per heavy atom. The highest BCUT2D eigenvalue weighted by molar-refractivity contribution is 7.89. The molecule has 62 valence electrons. The zero-order chi connectivity index (χ0) is 8.77. The van der Waals surface area contributed by atoms with Crippen molar-refractivity contribution in [1.29, 1.82) is 0 Å². The SMILES string of the molecule is Bc1ccc2c(c1)CNS2(=O)=O. The fraction of sp³-hybridized carbons (Fsp3) is 0.143.